The summed E-state index contributed by atoms with van der Waals surface area (Å²) in [4.78, 5) is 22.9. The number of nitrogens with zero attached hydrogens (tertiary/aromatic N) is 4. The molecule has 0 saturated carbocycles. The van der Waals surface area contributed by atoms with Crippen molar-refractivity contribution in [1.29, 1.82) is 0 Å². The highest BCUT2D eigenvalue weighted by Gasteiger charge is 2.46. The lowest BCUT2D eigenvalue weighted by Crippen LogP contribution is -2.27. The molecule has 0 aliphatic rings. The van der Waals surface area contributed by atoms with Gasteiger partial charge in [0.05, 0.1) is 17.1 Å². The number of hydrogen-bond donors (Lipinski definition) is 0. The summed E-state index contributed by atoms with van der Waals surface area (Å²) in [7, 11) is -0.410. The van der Waals surface area contributed by atoms with Gasteiger partial charge in [-0.25, -0.2) is 18.4 Å². The van der Waals surface area contributed by atoms with Crippen LogP contribution in [0.1, 0.15) is 16.1 Å². The molecule has 2 aromatic rings. The van der Waals surface area contributed by atoms with Crippen LogP contribution in [-0.2, 0) is 16.4 Å². The van der Waals surface area contributed by atoms with E-state index in [9.17, 15) is 26.4 Å². The van der Waals surface area contributed by atoms with Crippen molar-refractivity contribution >= 4 is 21.7 Å². The first kappa shape index (κ1) is 20.6. The van der Waals surface area contributed by atoms with Gasteiger partial charge < -0.3 is 9.80 Å². The first-order chi connectivity index (χ1) is 12.4. The topological polar surface area (TPSA) is 83.5 Å². The molecule has 0 unspecified atom stereocenters. The number of carbonyl (C=O) groups is 1. The maximum atomic E-state index is 12.6. The van der Waals surface area contributed by atoms with Crippen LogP contribution in [0.4, 0.5) is 19.1 Å². The lowest BCUT2D eigenvalue weighted by molar-refractivity contribution is -0.0436. The predicted octanol–water partition coefficient (Wildman–Crippen LogP) is 2.11. The van der Waals surface area contributed by atoms with E-state index in [0.717, 1.165) is 24.3 Å². The molecule has 0 spiro atoms. The fraction of sp³-hybridized carbons (Fsp3) is 0.312. The van der Waals surface area contributed by atoms with Crippen LogP contribution in [0.15, 0.2) is 41.4 Å². The average Bonchev–Trinajstić information content (AvgIpc) is 2.60. The summed E-state index contributed by atoms with van der Waals surface area (Å²) in [5, 5.41) is 0. The van der Waals surface area contributed by atoms with Crippen molar-refractivity contribution in [3.63, 3.8) is 0 Å². The minimum absolute atomic E-state index is 0.0560. The first-order valence-electron chi connectivity index (χ1n) is 7.59. The Kier molecular flexibility index (Phi) is 5.73. The molecule has 1 heterocycles. The summed E-state index contributed by atoms with van der Waals surface area (Å²) in [6.45, 7) is 0.144. The first-order valence-corrected chi connectivity index (χ1v) is 9.08. The van der Waals surface area contributed by atoms with Gasteiger partial charge in [-0.2, -0.15) is 13.2 Å². The van der Waals surface area contributed by atoms with Gasteiger partial charge in [-0.05, 0) is 30.3 Å². The van der Waals surface area contributed by atoms with Crippen LogP contribution in [0.3, 0.4) is 0 Å². The summed E-state index contributed by atoms with van der Waals surface area (Å²) < 4.78 is 60.4. The van der Waals surface area contributed by atoms with E-state index in [2.05, 4.69) is 9.97 Å². The normalized spacial score (nSPS) is 11.9. The number of sulfone groups is 1. The second kappa shape index (κ2) is 7.51. The molecule has 1 amide bonds. The zero-order valence-corrected chi connectivity index (χ0v) is 15.5. The fourth-order valence-corrected chi connectivity index (χ4v) is 2.90. The Balaban J connectivity index is 2.17. The van der Waals surface area contributed by atoms with Gasteiger partial charge in [-0.3, -0.25) is 4.79 Å². The van der Waals surface area contributed by atoms with Crippen LogP contribution < -0.4 is 4.90 Å². The third-order valence-electron chi connectivity index (χ3n) is 3.56. The van der Waals surface area contributed by atoms with Crippen molar-refractivity contribution in [1.82, 2.24) is 14.9 Å². The lowest BCUT2D eigenvalue weighted by atomic mass is 10.2. The van der Waals surface area contributed by atoms with Gasteiger partial charge in [0.25, 0.3) is 15.7 Å². The van der Waals surface area contributed by atoms with Gasteiger partial charge in [0, 0.05) is 32.9 Å². The number of halogens is 3. The fourth-order valence-electron chi connectivity index (χ4n) is 2.13. The van der Waals surface area contributed by atoms with Gasteiger partial charge >= 0.3 is 5.51 Å². The smallest absolute Gasteiger partial charge is 0.347 e. The summed E-state index contributed by atoms with van der Waals surface area (Å²) in [6, 6.07) is 5.25. The largest absolute Gasteiger partial charge is 0.501 e. The highest BCUT2D eigenvalue weighted by Crippen LogP contribution is 2.30. The molecule has 0 fully saturated rings. The van der Waals surface area contributed by atoms with E-state index in [4.69, 9.17) is 0 Å². The van der Waals surface area contributed by atoms with E-state index < -0.39 is 26.1 Å². The maximum Gasteiger partial charge on any atom is 0.501 e. The van der Waals surface area contributed by atoms with Gasteiger partial charge in [-0.1, -0.05) is 0 Å². The summed E-state index contributed by atoms with van der Waals surface area (Å²) in [6.07, 6.45) is 1.55. The summed E-state index contributed by atoms with van der Waals surface area (Å²) in [5.74, 6) is -0.0222. The molecule has 0 atom stereocenters. The Bertz CT molecular complexity index is 929. The molecule has 0 aliphatic heterocycles. The minimum atomic E-state index is -5.45. The number of hydrogen-bond acceptors (Lipinski definition) is 6. The molecule has 1 aromatic carbocycles. The van der Waals surface area contributed by atoms with Crippen molar-refractivity contribution in [2.45, 2.75) is 16.9 Å². The molecule has 11 heteroatoms. The van der Waals surface area contributed by atoms with Gasteiger partial charge in [0.15, 0.2) is 0 Å². The molecule has 7 nitrogen and oxygen atoms in total. The molecule has 146 valence electrons. The lowest BCUT2D eigenvalue weighted by Gasteiger charge is -2.18. The van der Waals surface area contributed by atoms with E-state index in [0.29, 0.717) is 11.6 Å². The highest BCUT2D eigenvalue weighted by atomic mass is 32.2. The molecule has 27 heavy (non-hydrogen) atoms. The Labute approximate surface area is 154 Å². The molecule has 0 radical (unpaired) electrons. The summed E-state index contributed by atoms with van der Waals surface area (Å²) >= 11 is 0. The monoisotopic (exact) mass is 402 g/mol. The van der Waals surface area contributed by atoms with E-state index in [1.54, 1.807) is 31.3 Å². The minimum Gasteiger partial charge on any atom is -0.347 e. The van der Waals surface area contributed by atoms with Crippen molar-refractivity contribution in [2.24, 2.45) is 0 Å². The SMILES string of the molecule is CN(Cc1ccnc(N(C)C)n1)C(=O)c1ccc(S(=O)(=O)C(F)(F)F)cc1. The van der Waals surface area contributed by atoms with Crippen LogP contribution in [0.25, 0.3) is 0 Å². The number of aromatic nitrogens is 2. The standard InChI is InChI=1S/C16H17F3N4O3S/c1-22(2)15-20-9-8-12(21-15)10-23(3)14(24)11-4-6-13(7-5-11)27(25,26)16(17,18)19/h4-9H,10H2,1-3H3. The maximum absolute atomic E-state index is 12.6. The van der Waals surface area contributed by atoms with Crippen molar-refractivity contribution < 1.29 is 26.4 Å². The number of rotatable bonds is 5. The zero-order valence-electron chi connectivity index (χ0n) is 14.7. The highest BCUT2D eigenvalue weighted by molar-refractivity contribution is 7.92. The Hall–Kier alpha value is -2.69. The van der Waals surface area contributed by atoms with Crippen LogP contribution in [0.5, 0.6) is 0 Å². The Morgan fingerprint density at radius 3 is 2.19 bits per heavy atom. The van der Waals surface area contributed by atoms with Gasteiger partial charge in [0.2, 0.25) is 5.95 Å². The molecule has 1 aromatic heterocycles. The average molecular weight is 402 g/mol. The predicted molar refractivity (Wildman–Crippen MR) is 91.8 cm³/mol. The molecule has 0 saturated heterocycles. The van der Waals surface area contributed by atoms with Crippen LogP contribution >= 0.6 is 0 Å². The van der Waals surface area contributed by atoms with Gasteiger partial charge in [-0.15, -0.1) is 0 Å². The third-order valence-corrected chi connectivity index (χ3v) is 5.06. The van der Waals surface area contributed by atoms with Gasteiger partial charge in [0.1, 0.15) is 0 Å². The number of alkyl halides is 3. The Morgan fingerprint density at radius 1 is 1.07 bits per heavy atom. The number of anilines is 1. The van der Waals surface area contributed by atoms with E-state index in [1.807, 2.05) is 0 Å². The van der Waals surface area contributed by atoms with Crippen LogP contribution in [-0.4, -0.2) is 55.8 Å². The third kappa shape index (κ3) is 4.54. The molecular formula is C16H17F3N4O3S. The second-order valence-electron chi connectivity index (χ2n) is 5.88. The van der Waals surface area contributed by atoms with E-state index in [1.165, 1.54) is 11.9 Å². The van der Waals surface area contributed by atoms with Crippen LogP contribution in [0.2, 0.25) is 0 Å². The van der Waals surface area contributed by atoms with E-state index in [-0.39, 0.29) is 12.1 Å². The molecular weight excluding hydrogens is 385 g/mol. The Morgan fingerprint density at radius 2 is 1.67 bits per heavy atom. The van der Waals surface area contributed by atoms with Crippen molar-refractivity contribution in [2.75, 3.05) is 26.0 Å². The molecule has 0 bridgehead atoms. The molecule has 0 N–H and O–H groups in total. The second-order valence-corrected chi connectivity index (χ2v) is 7.82. The van der Waals surface area contributed by atoms with Crippen molar-refractivity contribution in [3.05, 3.63) is 47.8 Å². The molecule has 2 rings (SSSR count). The number of benzene rings is 1. The number of amides is 1. The molecule has 0 aliphatic carbocycles. The quantitative estimate of drug-likeness (QED) is 0.762. The van der Waals surface area contributed by atoms with Crippen LogP contribution in [0, 0.1) is 0 Å². The summed E-state index contributed by atoms with van der Waals surface area (Å²) in [5.41, 5.74) is -4.77. The van der Waals surface area contributed by atoms with E-state index >= 15 is 0 Å². The van der Waals surface area contributed by atoms with Crippen molar-refractivity contribution in [3.8, 4) is 0 Å². The number of carbonyl (C=O) groups excluding carboxylic acids is 1. The zero-order chi connectivity index (χ0) is 20.4.